The Balaban J connectivity index is 1.42. The monoisotopic (exact) mass is 711 g/mol. The maximum absolute atomic E-state index is 15.0. The zero-order chi connectivity index (χ0) is 33.8. The zero-order valence-electron chi connectivity index (χ0n) is 26.9. The van der Waals surface area contributed by atoms with Gasteiger partial charge in [0.15, 0.2) is 0 Å². The lowest BCUT2D eigenvalue weighted by atomic mass is 9.70. The number of aliphatic hydroxyl groups excluding tert-OH is 1. The van der Waals surface area contributed by atoms with Crippen molar-refractivity contribution in [1.82, 2.24) is 14.7 Å². The molecule has 3 amide bonds. The summed E-state index contributed by atoms with van der Waals surface area (Å²) in [6.45, 7) is 8.64. The third-order valence-electron chi connectivity index (χ3n) is 9.92. The largest absolute Gasteiger partial charge is 0.394 e. The summed E-state index contributed by atoms with van der Waals surface area (Å²) in [7, 11) is 0. The Morgan fingerprint density at radius 1 is 0.875 bits per heavy atom. The number of carbonyl (C=O) groups is 3. The first kappa shape index (κ1) is 33.8. The molecule has 3 fully saturated rings. The van der Waals surface area contributed by atoms with Crippen LogP contribution in [0.2, 0.25) is 0 Å². The maximum atomic E-state index is 15.0. The lowest BCUT2D eigenvalue weighted by Gasteiger charge is -2.39. The minimum atomic E-state index is -1.26. The van der Waals surface area contributed by atoms with Crippen molar-refractivity contribution >= 4 is 33.7 Å². The third-order valence-corrected chi connectivity index (χ3v) is 10.8. The number of carbonyl (C=O) groups excluding carboxylic acids is 3. The van der Waals surface area contributed by atoms with Crippen LogP contribution in [0.4, 0.5) is 0 Å². The highest BCUT2D eigenvalue weighted by molar-refractivity contribution is 9.09. The Morgan fingerprint density at radius 2 is 1.38 bits per heavy atom. The minimum Gasteiger partial charge on any atom is -0.394 e. The molecule has 2 bridgehead atoms. The maximum Gasteiger partial charge on any atom is 0.249 e. The molecular formula is C39H42BrN3O5. The van der Waals surface area contributed by atoms with E-state index in [-0.39, 0.29) is 35.7 Å². The quantitative estimate of drug-likeness (QED) is 0.192. The Morgan fingerprint density at radius 3 is 1.88 bits per heavy atom. The molecule has 8 nitrogen and oxygen atoms in total. The van der Waals surface area contributed by atoms with Crippen LogP contribution in [0.1, 0.15) is 23.1 Å². The van der Waals surface area contributed by atoms with Gasteiger partial charge in [-0.15, -0.1) is 13.2 Å². The molecule has 3 heterocycles. The van der Waals surface area contributed by atoms with E-state index in [1.807, 2.05) is 91.0 Å². The van der Waals surface area contributed by atoms with Gasteiger partial charge >= 0.3 is 0 Å². The molecule has 0 saturated carbocycles. The summed E-state index contributed by atoms with van der Waals surface area (Å²) >= 11 is 3.80. The second kappa shape index (κ2) is 14.6. The highest BCUT2D eigenvalue weighted by Gasteiger charge is 2.77. The van der Waals surface area contributed by atoms with Crippen molar-refractivity contribution in [3.05, 3.63) is 133 Å². The number of hydrogen-bond acceptors (Lipinski definition) is 5. The molecule has 3 unspecified atom stereocenters. The normalized spacial score (nSPS) is 26.2. The van der Waals surface area contributed by atoms with E-state index >= 15 is 0 Å². The van der Waals surface area contributed by atoms with Crippen molar-refractivity contribution in [3.63, 3.8) is 0 Å². The molecule has 3 aliphatic rings. The first-order valence-electron chi connectivity index (χ1n) is 16.5. The number of benzene rings is 3. The summed E-state index contributed by atoms with van der Waals surface area (Å²) in [5.41, 5.74) is 1.55. The summed E-state index contributed by atoms with van der Waals surface area (Å²) < 4.78 is 6.83. The van der Waals surface area contributed by atoms with Crippen molar-refractivity contribution < 1.29 is 24.2 Å². The van der Waals surface area contributed by atoms with E-state index in [1.54, 1.807) is 26.9 Å². The summed E-state index contributed by atoms with van der Waals surface area (Å²) in [5.74, 6) is -2.55. The van der Waals surface area contributed by atoms with E-state index < -0.39 is 35.6 Å². The van der Waals surface area contributed by atoms with Crippen molar-refractivity contribution in [1.29, 1.82) is 0 Å². The van der Waals surface area contributed by atoms with Crippen LogP contribution < -0.4 is 0 Å². The molecule has 250 valence electrons. The Bertz CT molecular complexity index is 1620. The SMILES string of the molecule is C=CCN(Cc1ccccc1)C(=O)C1N([C@@H](CO)Cc2ccccc2)C(=O)[C@@H]2[C@H](C(=O)N(CC=C)Cc3ccccc3)[C@H]3OC12CC3Br. The molecule has 3 aromatic rings. The Kier molecular flexibility index (Phi) is 10.3. The minimum absolute atomic E-state index is 0.211. The van der Waals surface area contributed by atoms with E-state index in [1.165, 1.54) is 0 Å². The topological polar surface area (TPSA) is 90.4 Å². The van der Waals surface area contributed by atoms with Gasteiger partial charge in [0, 0.05) is 31.0 Å². The average Bonchev–Trinajstić information content (AvgIpc) is 3.70. The predicted molar refractivity (Wildman–Crippen MR) is 188 cm³/mol. The van der Waals surface area contributed by atoms with Crippen LogP contribution in [-0.4, -0.2) is 85.8 Å². The van der Waals surface area contributed by atoms with Crippen molar-refractivity contribution in [2.24, 2.45) is 11.8 Å². The summed E-state index contributed by atoms with van der Waals surface area (Å²) in [4.78, 5) is 49.2. The standard InChI is InChI=1S/C39H42BrN3O5/c1-3-20-41(24-28-16-10-6-11-17-28)36(45)32-33-37(46)43(30(26-44)22-27-14-8-5-9-15-27)35(39(33)23-31(40)34(32)48-39)38(47)42(21-4-2)25-29-18-12-7-13-19-29/h3-19,30-35,44H,1-2,20-26H2/t30-,31?,32+,33+,34+,35?,39?/m1/s1. The number of amides is 3. The third kappa shape index (κ3) is 6.27. The van der Waals surface area contributed by atoms with Gasteiger partial charge in [-0.05, 0) is 29.5 Å². The first-order chi connectivity index (χ1) is 23.3. The van der Waals surface area contributed by atoms with Gasteiger partial charge in [0.1, 0.15) is 11.6 Å². The van der Waals surface area contributed by atoms with Gasteiger partial charge < -0.3 is 24.5 Å². The fourth-order valence-electron chi connectivity index (χ4n) is 7.93. The Hall–Kier alpha value is -4.05. The summed E-state index contributed by atoms with van der Waals surface area (Å²) in [6, 6.07) is 27.2. The number of halogens is 1. The van der Waals surface area contributed by atoms with Crippen LogP contribution in [0.15, 0.2) is 116 Å². The molecule has 48 heavy (non-hydrogen) atoms. The number of fused-ring (bicyclic) bond motifs is 1. The van der Waals surface area contributed by atoms with Gasteiger partial charge in [-0.1, -0.05) is 119 Å². The van der Waals surface area contributed by atoms with E-state index in [0.29, 0.717) is 32.5 Å². The molecular weight excluding hydrogens is 670 g/mol. The number of alkyl halides is 1. The molecule has 3 aliphatic heterocycles. The highest BCUT2D eigenvalue weighted by Crippen LogP contribution is 2.61. The van der Waals surface area contributed by atoms with Crippen LogP contribution in [0, 0.1) is 11.8 Å². The van der Waals surface area contributed by atoms with Crippen LogP contribution in [0.25, 0.3) is 0 Å². The number of hydrogen-bond donors (Lipinski definition) is 1. The second-order valence-electron chi connectivity index (χ2n) is 12.9. The highest BCUT2D eigenvalue weighted by atomic mass is 79.9. The molecule has 3 saturated heterocycles. The number of rotatable bonds is 14. The van der Waals surface area contributed by atoms with Crippen LogP contribution in [0.3, 0.4) is 0 Å². The molecule has 1 N–H and O–H groups in total. The number of nitrogens with zero attached hydrogens (tertiary/aromatic N) is 3. The average molecular weight is 713 g/mol. The van der Waals surface area contributed by atoms with Crippen LogP contribution in [0.5, 0.6) is 0 Å². The number of likely N-dealkylation sites (tertiary alicyclic amines) is 1. The van der Waals surface area contributed by atoms with Crippen molar-refractivity contribution in [2.75, 3.05) is 19.7 Å². The van der Waals surface area contributed by atoms with E-state index in [0.717, 1.165) is 16.7 Å². The van der Waals surface area contributed by atoms with E-state index in [9.17, 15) is 19.5 Å². The Labute approximate surface area is 290 Å². The smallest absolute Gasteiger partial charge is 0.249 e. The van der Waals surface area contributed by atoms with Crippen molar-refractivity contribution in [2.45, 2.75) is 54.5 Å². The van der Waals surface area contributed by atoms with Crippen LogP contribution in [-0.2, 0) is 38.6 Å². The van der Waals surface area contributed by atoms with Gasteiger partial charge in [0.25, 0.3) is 0 Å². The summed E-state index contributed by atoms with van der Waals surface area (Å²) in [5, 5.41) is 10.9. The van der Waals surface area contributed by atoms with Gasteiger partial charge in [-0.25, -0.2) is 0 Å². The lowest BCUT2D eigenvalue weighted by Crippen LogP contribution is -2.59. The predicted octanol–water partition coefficient (Wildman–Crippen LogP) is 4.77. The molecule has 1 spiro atoms. The molecule has 9 heteroatoms. The molecule has 6 rings (SSSR count). The van der Waals surface area contributed by atoms with E-state index in [2.05, 4.69) is 29.1 Å². The molecule has 0 aromatic heterocycles. The molecule has 0 aliphatic carbocycles. The van der Waals surface area contributed by atoms with E-state index in [4.69, 9.17) is 4.74 Å². The fraction of sp³-hybridized carbons (Fsp3) is 0.359. The van der Waals surface area contributed by atoms with Gasteiger partial charge in [-0.2, -0.15) is 0 Å². The molecule has 7 atom stereocenters. The number of ether oxygens (including phenoxy) is 1. The van der Waals surface area contributed by atoms with Crippen LogP contribution >= 0.6 is 15.9 Å². The number of aliphatic hydroxyl groups is 1. The van der Waals surface area contributed by atoms with Crippen molar-refractivity contribution in [3.8, 4) is 0 Å². The first-order valence-corrected chi connectivity index (χ1v) is 17.4. The van der Waals surface area contributed by atoms with Gasteiger partial charge in [-0.3, -0.25) is 14.4 Å². The molecule has 3 aromatic carbocycles. The van der Waals surface area contributed by atoms with Gasteiger partial charge in [0.05, 0.1) is 30.6 Å². The second-order valence-corrected chi connectivity index (χ2v) is 14.1. The lowest BCUT2D eigenvalue weighted by molar-refractivity contribution is -0.152. The molecule has 0 radical (unpaired) electrons. The zero-order valence-corrected chi connectivity index (χ0v) is 28.5. The van der Waals surface area contributed by atoms with Gasteiger partial charge in [0.2, 0.25) is 17.7 Å². The fourth-order valence-corrected chi connectivity index (χ4v) is 8.87. The summed E-state index contributed by atoms with van der Waals surface area (Å²) in [6.07, 6.45) is 3.47.